The Bertz CT molecular complexity index is 646. The zero-order valence-corrected chi connectivity index (χ0v) is 10.9. The molecule has 0 aromatic heterocycles. The van der Waals surface area contributed by atoms with Crippen LogP contribution in [0.5, 0.6) is 0 Å². The summed E-state index contributed by atoms with van der Waals surface area (Å²) in [5.74, 6) is -0.515. The zero-order chi connectivity index (χ0) is 13.6. The van der Waals surface area contributed by atoms with Gasteiger partial charge in [-0.25, -0.2) is 4.39 Å². The minimum absolute atomic E-state index is 0.220. The molecule has 2 unspecified atom stereocenters. The maximum absolute atomic E-state index is 14.1. The Morgan fingerprint density at radius 3 is 2.68 bits per heavy atom. The molecule has 0 saturated carbocycles. The van der Waals surface area contributed by atoms with Gasteiger partial charge in [-0.05, 0) is 23.3 Å². The van der Waals surface area contributed by atoms with Crippen LogP contribution < -0.4 is 5.73 Å². The summed E-state index contributed by atoms with van der Waals surface area (Å²) in [6.07, 6.45) is 0.269. The first-order valence-corrected chi connectivity index (χ1v) is 6.43. The van der Waals surface area contributed by atoms with Gasteiger partial charge in [0, 0.05) is 23.0 Å². The van der Waals surface area contributed by atoms with Crippen LogP contribution in [0.15, 0.2) is 42.5 Å². The highest BCUT2D eigenvalue weighted by Crippen LogP contribution is 2.46. The first-order valence-electron chi connectivity index (χ1n) is 6.05. The van der Waals surface area contributed by atoms with Gasteiger partial charge in [-0.15, -0.1) is 0 Å². The van der Waals surface area contributed by atoms with E-state index < -0.39 is 11.4 Å². The summed E-state index contributed by atoms with van der Waals surface area (Å²) in [6, 6.07) is 11.3. The number of hydrogen-bond acceptors (Lipinski definition) is 2. The molecule has 1 aliphatic carbocycles. The standard InChI is InChI=1S/C15H13ClFNO/c16-9-5-6-12(13(17)7-9)15(19)8-14(18)10-3-1-2-4-11(10)15/h1-7,14,19H,8,18H2. The van der Waals surface area contributed by atoms with Gasteiger partial charge >= 0.3 is 0 Å². The largest absolute Gasteiger partial charge is 0.380 e. The van der Waals surface area contributed by atoms with Gasteiger partial charge in [-0.3, -0.25) is 0 Å². The van der Waals surface area contributed by atoms with E-state index >= 15 is 0 Å². The molecule has 1 aliphatic rings. The first kappa shape index (κ1) is 12.6. The van der Waals surface area contributed by atoms with Crippen molar-refractivity contribution in [1.82, 2.24) is 0 Å². The third-order valence-corrected chi connectivity index (χ3v) is 3.93. The van der Waals surface area contributed by atoms with E-state index in [4.69, 9.17) is 17.3 Å². The summed E-state index contributed by atoms with van der Waals surface area (Å²) in [6.45, 7) is 0. The molecule has 2 aromatic carbocycles. The second-order valence-corrected chi connectivity index (χ2v) is 5.32. The molecular formula is C15H13ClFNO. The number of nitrogens with two attached hydrogens (primary N) is 1. The average Bonchev–Trinajstić information content (AvgIpc) is 2.63. The van der Waals surface area contributed by atoms with E-state index in [1.165, 1.54) is 12.1 Å². The summed E-state index contributed by atoms with van der Waals surface area (Å²) in [5.41, 5.74) is 6.40. The minimum atomic E-state index is -1.38. The lowest BCUT2D eigenvalue weighted by Gasteiger charge is -2.25. The van der Waals surface area contributed by atoms with Gasteiger partial charge < -0.3 is 10.8 Å². The van der Waals surface area contributed by atoms with E-state index in [0.717, 1.165) is 5.56 Å². The van der Waals surface area contributed by atoms with Crippen molar-refractivity contribution in [3.63, 3.8) is 0 Å². The fourth-order valence-electron chi connectivity index (χ4n) is 2.82. The number of benzene rings is 2. The molecule has 2 aromatic rings. The van der Waals surface area contributed by atoms with Crippen molar-refractivity contribution in [2.45, 2.75) is 18.1 Å². The Kier molecular flexibility index (Phi) is 2.86. The molecule has 3 N–H and O–H groups in total. The van der Waals surface area contributed by atoms with Gasteiger partial charge in [-0.1, -0.05) is 41.9 Å². The Balaban J connectivity index is 2.20. The predicted octanol–water partition coefficient (Wildman–Crippen LogP) is 3.12. The van der Waals surface area contributed by atoms with Crippen LogP contribution in [0.25, 0.3) is 0 Å². The molecule has 0 amide bonds. The summed E-state index contributed by atoms with van der Waals surface area (Å²) in [5, 5.41) is 11.2. The van der Waals surface area contributed by atoms with E-state index in [-0.39, 0.29) is 18.0 Å². The molecular weight excluding hydrogens is 265 g/mol. The van der Waals surface area contributed by atoms with Gasteiger partial charge in [0.1, 0.15) is 11.4 Å². The number of aliphatic hydroxyl groups is 1. The van der Waals surface area contributed by atoms with E-state index in [0.29, 0.717) is 10.6 Å². The minimum Gasteiger partial charge on any atom is -0.380 e. The molecule has 98 valence electrons. The Hall–Kier alpha value is -1.42. The van der Waals surface area contributed by atoms with Crippen LogP contribution in [0, 0.1) is 5.82 Å². The monoisotopic (exact) mass is 277 g/mol. The Morgan fingerprint density at radius 2 is 1.95 bits per heavy atom. The van der Waals surface area contributed by atoms with Crippen molar-refractivity contribution in [3.8, 4) is 0 Å². The molecule has 2 atom stereocenters. The zero-order valence-electron chi connectivity index (χ0n) is 10.1. The van der Waals surface area contributed by atoms with Crippen LogP contribution in [0.3, 0.4) is 0 Å². The maximum Gasteiger partial charge on any atom is 0.131 e. The molecule has 0 radical (unpaired) electrons. The first-order chi connectivity index (χ1) is 9.02. The summed E-state index contributed by atoms with van der Waals surface area (Å²) in [7, 11) is 0. The number of rotatable bonds is 1. The molecule has 0 saturated heterocycles. The number of halogens is 2. The number of hydrogen-bond donors (Lipinski definition) is 2. The molecule has 19 heavy (non-hydrogen) atoms. The van der Waals surface area contributed by atoms with Crippen LogP contribution >= 0.6 is 11.6 Å². The summed E-state index contributed by atoms with van der Waals surface area (Å²) in [4.78, 5) is 0. The van der Waals surface area contributed by atoms with Crippen molar-refractivity contribution in [2.24, 2.45) is 5.73 Å². The smallest absolute Gasteiger partial charge is 0.131 e. The molecule has 3 rings (SSSR count). The van der Waals surface area contributed by atoms with Crippen molar-refractivity contribution in [2.75, 3.05) is 0 Å². The third-order valence-electron chi connectivity index (χ3n) is 3.70. The second-order valence-electron chi connectivity index (χ2n) is 4.88. The van der Waals surface area contributed by atoms with Crippen LogP contribution in [0.2, 0.25) is 5.02 Å². The number of fused-ring (bicyclic) bond motifs is 1. The Morgan fingerprint density at radius 1 is 1.21 bits per heavy atom. The molecule has 0 bridgehead atoms. The van der Waals surface area contributed by atoms with Crippen molar-refractivity contribution < 1.29 is 9.50 Å². The normalized spacial score (nSPS) is 25.4. The van der Waals surface area contributed by atoms with Gasteiger partial charge in [0.2, 0.25) is 0 Å². The van der Waals surface area contributed by atoms with Crippen LogP contribution in [-0.2, 0) is 5.60 Å². The van der Waals surface area contributed by atoms with Gasteiger partial charge in [0.15, 0.2) is 0 Å². The lowest BCUT2D eigenvalue weighted by Crippen LogP contribution is -2.26. The van der Waals surface area contributed by atoms with E-state index in [9.17, 15) is 9.50 Å². The van der Waals surface area contributed by atoms with Gasteiger partial charge in [-0.2, -0.15) is 0 Å². The topological polar surface area (TPSA) is 46.2 Å². The lowest BCUT2D eigenvalue weighted by molar-refractivity contribution is 0.0737. The molecule has 4 heteroatoms. The highest BCUT2D eigenvalue weighted by Gasteiger charge is 2.43. The van der Waals surface area contributed by atoms with Crippen LogP contribution in [0.4, 0.5) is 4.39 Å². The Labute approximate surface area is 115 Å². The van der Waals surface area contributed by atoms with Crippen LogP contribution in [0.1, 0.15) is 29.2 Å². The molecule has 2 nitrogen and oxygen atoms in total. The SMILES string of the molecule is NC1CC(O)(c2ccc(Cl)cc2F)c2ccccc21. The summed E-state index contributed by atoms with van der Waals surface area (Å²) >= 11 is 5.75. The predicted molar refractivity (Wildman–Crippen MR) is 72.4 cm³/mol. The molecule has 0 heterocycles. The van der Waals surface area contributed by atoms with Crippen molar-refractivity contribution in [1.29, 1.82) is 0 Å². The third kappa shape index (κ3) is 1.86. The lowest BCUT2D eigenvalue weighted by atomic mass is 9.87. The molecule has 0 aliphatic heterocycles. The fraction of sp³-hybridized carbons (Fsp3) is 0.200. The van der Waals surface area contributed by atoms with E-state index in [2.05, 4.69) is 0 Å². The average molecular weight is 278 g/mol. The van der Waals surface area contributed by atoms with E-state index in [1.54, 1.807) is 12.1 Å². The second kappa shape index (κ2) is 4.30. The quantitative estimate of drug-likeness (QED) is 0.841. The van der Waals surface area contributed by atoms with Crippen molar-refractivity contribution >= 4 is 11.6 Å². The molecule has 0 fully saturated rings. The van der Waals surface area contributed by atoms with Gasteiger partial charge in [0.05, 0.1) is 0 Å². The summed E-state index contributed by atoms with van der Waals surface area (Å²) < 4.78 is 14.1. The van der Waals surface area contributed by atoms with Crippen molar-refractivity contribution in [3.05, 3.63) is 70.0 Å². The van der Waals surface area contributed by atoms with E-state index in [1.807, 2.05) is 18.2 Å². The van der Waals surface area contributed by atoms with Gasteiger partial charge in [0.25, 0.3) is 0 Å². The fourth-order valence-corrected chi connectivity index (χ4v) is 2.97. The maximum atomic E-state index is 14.1. The van der Waals surface area contributed by atoms with Crippen LogP contribution in [-0.4, -0.2) is 5.11 Å². The highest BCUT2D eigenvalue weighted by atomic mass is 35.5. The molecule has 0 spiro atoms. The highest BCUT2D eigenvalue weighted by molar-refractivity contribution is 6.30.